The molecular formula is C23H19F6NO. The predicted molar refractivity (Wildman–Crippen MR) is 106 cm³/mol. The van der Waals surface area contributed by atoms with Crippen LogP contribution in [0.1, 0.15) is 23.6 Å². The number of hydrogen-bond donors (Lipinski definition) is 1. The van der Waals surface area contributed by atoms with Gasteiger partial charge in [0.05, 0.1) is 0 Å². The highest BCUT2D eigenvalue weighted by Gasteiger charge is 2.71. The van der Waals surface area contributed by atoms with E-state index in [2.05, 4.69) is 0 Å². The third-order valence-corrected chi connectivity index (χ3v) is 5.84. The van der Waals surface area contributed by atoms with E-state index in [4.69, 9.17) is 0 Å². The number of alkyl halides is 6. The van der Waals surface area contributed by atoms with Crippen LogP contribution in [0.3, 0.4) is 0 Å². The van der Waals surface area contributed by atoms with Crippen molar-refractivity contribution in [1.29, 1.82) is 0 Å². The summed E-state index contributed by atoms with van der Waals surface area (Å²) >= 11 is 0. The summed E-state index contributed by atoms with van der Waals surface area (Å²) in [6.07, 6.45) is -11.5. The molecule has 1 N–H and O–H groups in total. The summed E-state index contributed by atoms with van der Waals surface area (Å²) in [5.74, 6) is 0. The fourth-order valence-corrected chi connectivity index (χ4v) is 4.18. The van der Waals surface area contributed by atoms with Crippen LogP contribution in [-0.4, -0.2) is 23.5 Å². The van der Waals surface area contributed by atoms with E-state index >= 15 is 0 Å². The molecule has 3 aromatic rings. The first-order chi connectivity index (χ1) is 14.4. The molecule has 4 rings (SSSR count). The highest BCUT2D eigenvalue weighted by molar-refractivity contribution is 5.83. The lowest BCUT2D eigenvalue weighted by molar-refractivity contribution is -0.376. The number of hydrogen-bond acceptors (Lipinski definition) is 2. The number of benzene rings is 3. The van der Waals surface area contributed by atoms with Crippen molar-refractivity contribution in [2.45, 2.75) is 43.9 Å². The van der Waals surface area contributed by atoms with Crippen molar-refractivity contribution in [3.8, 4) is 0 Å². The molecule has 0 saturated carbocycles. The van der Waals surface area contributed by atoms with Crippen LogP contribution < -0.4 is 4.90 Å². The van der Waals surface area contributed by atoms with Crippen LogP contribution in [0.15, 0.2) is 60.7 Å². The number of nitrogens with zero attached hydrogens (tertiary/aromatic N) is 1. The highest BCUT2D eigenvalue weighted by atomic mass is 19.4. The summed E-state index contributed by atoms with van der Waals surface area (Å²) in [5, 5.41) is 11.8. The smallest absolute Gasteiger partial charge is 0.369 e. The van der Waals surface area contributed by atoms with Crippen LogP contribution in [0.25, 0.3) is 10.8 Å². The van der Waals surface area contributed by atoms with Gasteiger partial charge in [-0.05, 0) is 47.4 Å². The second-order valence-corrected chi connectivity index (χ2v) is 7.91. The Labute approximate surface area is 174 Å². The highest BCUT2D eigenvalue weighted by Crippen LogP contribution is 2.51. The molecule has 0 saturated heterocycles. The minimum absolute atomic E-state index is 0.124. The number of fused-ring (bicyclic) bond motifs is 2. The molecule has 1 unspecified atom stereocenters. The average Bonchev–Trinajstić information content (AvgIpc) is 3.00. The van der Waals surface area contributed by atoms with Crippen molar-refractivity contribution in [2.75, 3.05) is 4.90 Å². The van der Waals surface area contributed by atoms with E-state index in [1.54, 1.807) is 0 Å². The molecule has 31 heavy (non-hydrogen) atoms. The van der Waals surface area contributed by atoms with Gasteiger partial charge in [0.15, 0.2) is 0 Å². The lowest BCUT2D eigenvalue weighted by atomic mass is 9.90. The number of aliphatic hydroxyl groups is 1. The van der Waals surface area contributed by atoms with E-state index in [9.17, 15) is 31.4 Å². The van der Waals surface area contributed by atoms with Crippen molar-refractivity contribution in [1.82, 2.24) is 0 Å². The number of anilines is 1. The summed E-state index contributed by atoms with van der Waals surface area (Å²) in [6.45, 7) is 2.32. The van der Waals surface area contributed by atoms with Gasteiger partial charge in [-0.1, -0.05) is 48.5 Å². The molecule has 0 spiro atoms. The van der Waals surface area contributed by atoms with E-state index < -0.39 is 23.5 Å². The van der Waals surface area contributed by atoms with Gasteiger partial charge < -0.3 is 10.0 Å². The third-order valence-electron chi connectivity index (χ3n) is 5.84. The zero-order chi connectivity index (χ0) is 22.6. The van der Waals surface area contributed by atoms with Gasteiger partial charge in [0.1, 0.15) is 0 Å². The molecule has 164 valence electrons. The second-order valence-electron chi connectivity index (χ2n) is 7.91. The lowest BCUT2D eigenvalue weighted by Gasteiger charge is -2.33. The van der Waals surface area contributed by atoms with E-state index in [0.29, 0.717) is 23.9 Å². The first kappa shape index (κ1) is 21.5. The maximum atomic E-state index is 13.2. The van der Waals surface area contributed by atoms with Crippen molar-refractivity contribution in [3.63, 3.8) is 0 Å². The Hall–Kier alpha value is -2.74. The van der Waals surface area contributed by atoms with Crippen molar-refractivity contribution >= 4 is 16.5 Å². The van der Waals surface area contributed by atoms with Gasteiger partial charge in [-0.2, -0.15) is 26.3 Å². The van der Waals surface area contributed by atoms with Crippen LogP contribution in [0.2, 0.25) is 0 Å². The summed E-state index contributed by atoms with van der Waals surface area (Å²) in [4.78, 5) is 1.95. The predicted octanol–water partition coefficient (Wildman–Crippen LogP) is 6.10. The van der Waals surface area contributed by atoms with Gasteiger partial charge in [-0.3, -0.25) is 0 Å². The van der Waals surface area contributed by atoms with Crippen molar-refractivity contribution in [3.05, 3.63) is 77.4 Å². The molecule has 1 atom stereocenters. The Bertz CT molecular complexity index is 1110. The quantitative estimate of drug-likeness (QED) is 0.499. The summed E-state index contributed by atoms with van der Waals surface area (Å²) < 4.78 is 79.4. The molecule has 1 aliphatic heterocycles. The van der Waals surface area contributed by atoms with E-state index in [1.165, 1.54) is 6.07 Å². The molecular weight excluding hydrogens is 420 g/mol. The molecule has 0 aromatic heterocycles. The van der Waals surface area contributed by atoms with Crippen LogP contribution in [0.4, 0.5) is 32.0 Å². The summed E-state index contributed by atoms with van der Waals surface area (Å²) in [5.41, 5.74) is -4.24. The molecule has 0 bridgehead atoms. The maximum absolute atomic E-state index is 13.2. The van der Waals surface area contributed by atoms with Gasteiger partial charge in [0.25, 0.3) is 5.60 Å². The molecule has 2 nitrogen and oxygen atoms in total. The minimum atomic E-state index is -5.89. The average molecular weight is 439 g/mol. The Kier molecular flexibility index (Phi) is 4.96. The standard InChI is InChI=1S/C23H19F6NO/c1-14-10-18-12-19(21(31,22(24,25)26)23(27,28)29)8-9-20(18)30(14)13-15-6-7-16-4-2-3-5-17(16)11-15/h2-9,11-12,14,31H,10,13H2,1H3. The van der Waals surface area contributed by atoms with Crippen LogP contribution in [0, 0.1) is 0 Å². The van der Waals surface area contributed by atoms with Crippen molar-refractivity contribution in [2.24, 2.45) is 0 Å². The van der Waals surface area contributed by atoms with Gasteiger partial charge in [-0.15, -0.1) is 0 Å². The molecule has 0 amide bonds. The lowest BCUT2D eigenvalue weighted by Crippen LogP contribution is -2.53. The van der Waals surface area contributed by atoms with Gasteiger partial charge in [0.2, 0.25) is 0 Å². The van der Waals surface area contributed by atoms with E-state index in [-0.39, 0.29) is 12.5 Å². The fraction of sp³-hybridized carbons (Fsp3) is 0.304. The zero-order valence-electron chi connectivity index (χ0n) is 16.4. The molecule has 0 fully saturated rings. The number of rotatable bonds is 3. The zero-order valence-corrected chi connectivity index (χ0v) is 16.4. The van der Waals surface area contributed by atoms with E-state index in [0.717, 1.165) is 22.4 Å². The number of halogens is 6. The molecule has 0 radical (unpaired) electrons. The Morgan fingerprint density at radius 3 is 2.16 bits per heavy atom. The molecule has 1 heterocycles. The Balaban J connectivity index is 1.69. The first-order valence-corrected chi connectivity index (χ1v) is 9.65. The summed E-state index contributed by atoms with van der Waals surface area (Å²) in [6, 6.07) is 16.4. The Morgan fingerprint density at radius 2 is 1.52 bits per heavy atom. The Morgan fingerprint density at radius 1 is 0.871 bits per heavy atom. The molecule has 1 aliphatic rings. The maximum Gasteiger partial charge on any atom is 0.430 e. The van der Waals surface area contributed by atoms with Gasteiger partial charge >= 0.3 is 12.4 Å². The van der Waals surface area contributed by atoms with Gasteiger partial charge in [0, 0.05) is 23.8 Å². The monoisotopic (exact) mass is 439 g/mol. The molecule has 0 aliphatic carbocycles. The van der Waals surface area contributed by atoms with Crippen LogP contribution in [-0.2, 0) is 18.6 Å². The second kappa shape index (κ2) is 7.15. The fourth-order valence-electron chi connectivity index (χ4n) is 4.18. The SMILES string of the molecule is CC1Cc2cc(C(O)(C(F)(F)F)C(F)(F)F)ccc2N1Cc1ccc2ccccc2c1. The minimum Gasteiger partial charge on any atom is -0.369 e. The van der Waals surface area contributed by atoms with Gasteiger partial charge in [-0.25, -0.2) is 0 Å². The van der Waals surface area contributed by atoms with Crippen molar-refractivity contribution < 1.29 is 31.4 Å². The molecule has 8 heteroatoms. The molecule has 3 aromatic carbocycles. The van der Waals surface area contributed by atoms with E-state index in [1.807, 2.05) is 54.3 Å². The normalized spacial score (nSPS) is 17.3. The topological polar surface area (TPSA) is 23.5 Å². The van der Waals surface area contributed by atoms with Crippen LogP contribution in [0.5, 0.6) is 0 Å². The third kappa shape index (κ3) is 3.52. The van der Waals surface area contributed by atoms with Crippen LogP contribution >= 0.6 is 0 Å². The largest absolute Gasteiger partial charge is 0.430 e. The first-order valence-electron chi connectivity index (χ1n) is 9.65. The summed E-state index contributed by atoms with van der Waals surface area (Å²) in [7, 11) is 0.